The third-order valence-electron chi connectivity index (χ3n) is 3.38. The Hall–Kier alpha value is -3.08. The van der Waals surface area contributed by atoms with Gasteiger partial charge in [-0.1, -0.05) is 12.1 Å². The van der Waals surface area contributed by atoms with Gasteiger partial charge in [0.05, 0.1) is 19.9 Å². The lowest BCUT2D eigenvalue weighted by atomic mass is 10.2. The summed E-state index contributed by atoms with van der Waals surface area (Å²) in [6.07, 6.45) is 3.50. The quantitative estimate of drug-likeness (QED) is 0.714. The van der Waals surface area contributed by atoms with Crippen LogP contribution in [0.1, 0.15) is 0 Å². The van der Waals surface area contributed by atoms with Crippen LogP contribution < -0.4 is 14.4 Å². The summed E-state index contributed by atoms with van der Waals surface area (Å²) in [4.78, 5) is 10.8. The molecule has 5 nitrogen and oxygen atoms in total. The fourth-order valence-corrected chi connectivity index (χ4v) is 2.31. The minimum absolute atomic E-state index is 0.681. The highest BCUT2D eigenvalue weighted by Crippen LogP contribution is 2.39. The van der Waals surface area contributed by atoms with Crippen molar-refractivity contribution in [3.63, 3.8) is 0 Å². The molecule has 2 aromatic heterocycles. The lowest BCUT2D eigenvalue weighted by Crippen LogP contribution is -2.13. The molecule has 0 fully saturated rings. The number of ether oxygens (including phenoxy) is 2. The molecule has 2 heterocycles. The van der Waals surface area contributed by atoms with Crippen LogP contribution in [0, 0.1) is 0 Å². The van der Waals surface area contributed by atoms with E-state index < -0.39 is 0 Å². The van der Waals surface area contributed by atoms with Crippen LogP contribution >= 0.6 is 0 Å². The average molecular weight is 307 g/mol. The van der Waals surface area contributed by atoms with E-state index in [-0.39, 0.29) is 0 Å². The van der Waals surface area contributed by atoms with Gasteiger partial charge < -0.3 is 9.47 Å². The Morgan fingerprint density at radius 1 is 0.783 bits per heavy atom. The van der Waals surface area contributed by atoms with E-state index >= 15 is 0 Å². The van der Waals surface area contributed by atoms with Crippen LogP contribution in [0.5, 0.6) is 11.5 Å². The van der Waals surface area contributed by atoms with Gasteiger partial charge in [0, 0.05) is 18.5 Å². The van der Waals surface area contributed by atoms with Crippen molar-refractivity contribution in [2.75, 3.05) is 19.1 Å². The first-order valence-corrected chi connectivity index (χ1v) is 7.17. The molecule has 0 atom stereocenters. The van der Waals surface area contributed by atoms with Gasteiger partial charge in [-0.05, 0) is 36.4 Å². The molecule has 5 heteroatoms. The molecule has 3 rings (SSSR count). The Labute approximate surface area is 135 Å². The summed E-state index contributed by atoms with van der Waals surface area (Å²) in [6, 6.07) is 17.2. The van der Waals surface area contributed by atoms with Crippen LogP contribution in [0.4, 0.5) is 17.3 Å². The first-order valence-electron chi connectivity index (χ1n) is 7.17. The molecule has 0 radical (unpaired) electrons. The molecule has 0 spiro atoms. The van der Waals surface area contributed by atoms with Gasteiger partial charge in [0.15, 0.2) is 0 Å². The predicted molar refractivity (Wildman–Crippen MR) is 89.8 cm³/mol. The Kier molecular flexibility index (Phi) is 4.38. The second kappa shape index (κ2) is 6.79. The number of pyridine rings is 2. The van der Waals surface area contributed by atoms with Crippen molar-refractivity contribution in [1.29, 1.82) is 0 Å². The van der Waals surface area contributed by atoms with Gasteiger partial charge in [-0.2, -0.15) is 0 Å². The van der Waals surface area contributed by atoms with Crippen molar-refractivity contribution in [1.82, 2.24) is 9.97 Å². The number of methoxy groups -OCH3 is 2. The predicted octanol–water partition coefficient (Wildman–Crippen LogP) is 3.96. The number of anilines is 3. The normalized spacial score (nSPS) is 10.2. The summed E-state index contributed by atoms with van der Waals surface area (Å²) in [5, 5.41) is 0. The van der Waals surface area contributed by atoms with Gasteiger partial charge in [0.2, 0.25) is 0 Å². The first kappa shape index (κ1) is 14.8. The van der Waals surface area contributed by atoms with E-state index in [1.165, 1.54) is 0 Å². The summed E-state index contributed by atoms with van der Waals surface area (Å²) in [6.45, 7) is 0. The maximum absolute atomic E-state index is 5.53. The maximum Gasteiger partial charge on any atom is 0.146 e. The molecule has 0 bridgehead atoms. The van der Waals surface area contributed by atoms with Crippen molar-refractivity contribution in [3.8, 4) is 11.5 Å². The fourth-order valence-electron chi connectivity index (χ4n) is 2.31. The number of benzene rings is 1. The summed E-state index contributed by atoms with van der Waals surface area (Å²) >= 11 is 0. The van der Waals surface area contributed by atoms with Gasteiger partial charge >= 0.3 is 0 Å². The van der Waals surface area contributed by atoms with Crippen LogP contribution in [0.15, 0.2) is 67.0 Å². The molecule has 0 aliphatic heterocycles. The zero-order chi connectivity index (χ0) is 16.1. The van der Waals surface area contributed by atoms with Crippen molar-refractivity contribution < 1.29 is 9.47 Å². The number of nitrogens with zero attached hydrogens (tertiary/aromatic N) is 3. The molecule has 1 aromatic carbocycles. The number of hydrogen-bond acceptors (Lipinski definition) is 5. The van der Waals surface area contributed by atoms with Gasteiger partial charge in [-0.25, -0.2) is 9.97 Å². The molecule has 0 aliphatic rings. The van der Waals surface area contributed by atoms with Crippen molar-refractivity contribution in [3.05, 3.63) is 67.0 Å². The molecule has 23 heavy (non-hydrogen) atoms. The maximum atomic E-state index is 5.53. The molecule has 0 saturated carbocycles. The average Bonchev–Trinajstić information content (AvgIpc) is 2.64. The minimum Gasteiger partial charge on any atom is -0.497 e. The van der Waals surface area contributed by atoms with Crippen LogP contribution in [0.3, 0.4) is 0 Å². The monoisotopic (exact) mass is 307 g/mol. The third-order valence-corrected chi connectivity index (χ3v) is 3.38. The van der Waals surface area contributed by atoms with Crippen molar-refractivity contribution in [2.24, 2.45) is 0 Å². The van der Waals surface area contributed by atoms with E-state index in [1.54, 1.807) is 26.6 Å². The second-order valence-corrected chi connectivity index (χ2v) is 4.75. The molecule has 3 aromatic rings. The number of hydrogen-bond donors (Lipinski definition) is 0. The SMILES string of the molecule is COc1ccc(N(c2ccccn2)c2ccccn2)c(OC)c1. The third kappa shape index (κ3) is 3.08. The van der Waals surface area contributed by atoms with Crippen LogP contribution in [0.2, 0.25) is 0 Å². The van der Waals surface area contributed by atoms with Gasteiger partial charge in [-0.15, -0.1) is 0 Å². The van der Waals surface area contributed by atoms with E-state index in [4.69, 9.17) is 9.47 Å². The standard InChI is InChI=1S/C18H17N3O2/c1-22-14-9-10-15(16(13-14)23-2)21(17-7-3-5-11-19-17)18-8-4-6-12-20-18/h3-13H,1-2H3. The molecule has 0 N–H and O–H groups in total. The smallest absolute Gasteiger partial charge is 0.146 e. The Bertz CT molecular complexity index is 724. The van der Waals surface area contributed by atoms with Gasteiger partial charge in [0.1, 0.15) is 23.1 Å². The molecule has 0 amide bonds. The number of aromatic nitrogens is 2. The van der Waals surface area contributed by atoms with Crippen LogP contribution in [0.25, 0.3) is 0 Å². The highest BCUT2D eigenvalue weighted by molar-refractivity contribution is 5.77. The van der Waals surface area contributed by atoms with Crippen LogP contribution in [-0.4, -0.2) is 24.2 Å². The summed E-state index contributed by atoms with van der Waals surface area (Å²) in [5.41, 5.74) is 0.839. The summed E-state index contributed by atoms with van der Waals surface area (Å²) < 4.78 is 10.8. The molecular formula is C18H17N3O2. The minimum atomic E-state index is 0.681. The van der Waals surface area contributed by atoms with E-state index in [9.17, 15) is 0 Å². The fraction of sp³-hybridized carbons (Fsp3) is 0.111. The molecule has 0 unspecified atom stereocenters. The lowest BCUT2D eigenvalue weighted by Gasteiger charge is -2.24. The lowest BCUT2D eigenvalue weighted by molar-refractivity contribution is 0.395. The van der Waals surface area contributed by atoms with E-state index in [0.717, 1.165) is 23.1 Å². The molecular weight excluding hydrogens is 290 g/mol. The molecule has 0 aliphatic carbocycles. The zero-order valence-corrected chi connectivity index (χ0v) is 13.0. The molecule has 0 saturated heterocycles. The first-order chi connectivity index (χ1) is 11.3. The van der Waals surface area contributed by atoms with E-state index in [1.807, 2.05) is 59.5 Å². The summed E-state index contributed by atoms with van der Waals surface area (Å²) in [5.74, 6) is 2.93. The second-order valence-electron chi connectivity index (χ2n) is 4.75. The van der Waals surface area contributed by atoms with Crippen molar-refractivity contribution >= 4 is 17.3 Å². The van der Waals surface area contributed by atoms with Crippen molar-refractivity contribution in [2.45, 2.75) is 0 Å². The number of rotatable bonds is 5. The summed E-state index contributed by atoms with van der Waals surface area (Å²) in [7, 11) is 3.26. The Morgan fingerprint density at radius 2 is 1.43 bits per heavy atom. The zero-order valence-electron chi connectivity index (χ0n) is 13.0. The van der Waals surface area contributed by atoms with Gasteiger partial charge in [0.25, 0.3) is 0 Å². The molecule has 116 valence electrons. The Balaban J connectivity index is 2.17. The highest BCUT2D eigenvalue weighted by Gasteiger charge is 2.18. The van der Waals surface area contributed by atoms with Crippen LogP contribution in [-0.2, 0) is 0 Å². The topological polar surface area (TPSA) is 47.5 Å². The highest BCUT2D eigenvalue weighted by atomic mass is 16.5. The van der Waals surface area contributed by atoms with E-state index in [2.05, 4.69) is 9.97 Å². The Morgan fingerprint density at radius 3 is 1.91 bits per heavy atom. The van der Waals surface area contributed by atoms with E-state index in [0.29, 0.717) is 5.75 Å². The largest absolute Gasteiger partial charge is 0.497 e. The van der Waals surface area contributed by atoms with Gasteiger partial charge in [-0.3, -0.25) is 4.90 Å².